The molecule has 0 saturated heterocycles. The number of allylic oxidation sites excluding steroid dienone is 2. The zero-order chi connectivity index (χ0) is 29.1. The summed E-state index contributed by atoms with van der Waals surface area (Å²) in [5, 5.41) is 47.7. The highest BCUT2D eigenvalue weighted by Gasteiger charge is 2.26. The fraction of sp³-hybridized carbons (Fsp3) is 0. The predicted octanol–water partition coefficient (Wildman–Crippen LogP) is 4.32. The van der Waals surface area contributed by atoms with Gasteiger partial charge in [-0.15, -0.1) is 0 Å². The molecule has 1 aliphatic heterocycles. The van der Waals surface area contributed by atoms with Gasteiger partial charge in [-0.1, -0.05) is 30.3 Å². The Balaban J connectivity index is 1.40. The summed E-state index contributed by atoms with van der Waals surface area (Å²) >= 11 is 0. The molecule has 10 heteroatoms. The van der Waals surface area contributed by atoms with Crippen LogP contribution in [0.3, 0.4) is 0 Å². The molecule has 0 spiro atoms. The Bertz CT molecular complexity index is 1780. The van der Waals surface area contributed by atoms with Gasteiger partial charge in [0.1, 0.15) is 34.3 Å². The highest BCUT2D eigenvalue weighted by atomic mass is 16.5. The number of phenols is 4. The van der Waals surface area contributed by atoms with Crippen LogP contribution in [-0.2, 0) is 4.74 Å². The van der Waals surface area contributed by atoms with Crippen LogP contribution in [0.15, 0.2) is 109 Å². The summed E-state index contributed by atoms with van der Waals surface area (Å²) in [5.74, 6) is -4.23. The van der Waals surface area contributed by atoms with E-state index in [0.29, 0.717) is 10.8 Å². The maximum atomic E-state index is 13.4. The first kappa shape index (κ1) is 26.6. The smallest absolute Gasteiger partial charge is 0.343 e. The fourth-order valence-corrected chi connectivity index (χ4v) is 4.22. The van der Waals surface area contributed by atoms with Crippen LogP contribution >= 0.6 is 0 Å². The number of esters is 1. The van der Waals surface area contributed by atoms with Crippen molar-refractivity contribution in [2.45, 2.75) is 0 Å². The second-order valence-electron chi connectivity index (χ2n) is 8.90. The van der Waals surface area contributed by atoms with Gasteiger partial charge in [0.15, 0.2) is 5.76 Å². The molecule has 41 heavy (non-hydrogen) atoms. The second kappa shape index (κ2) is 11.0. The molecule has 0 atom stereocenters. The minimum absolute atomic E-state index is 0.0104. The van der Waals surface area contributed by atoms with Crippen LogP contribution in [0.4, 0.5) is 0 Å². The highest BCUT2D eigenvalue weighted by Crippen LogP contribution is 2.36. The van der Waals surface area contributed by atoms with Crippen LogP contribution in [-0.4, -0.2) is 38.1 Å². The molecule has 1 heterocycles. The first-order valence-electron chi connectivity index (χ1n) is 12.2. The van der Waals surface area contributed by atoms with Crippen molar-refractivity contribution in [2.24, 2.45) is 0 Å². The Morgan fingerprint density at radius 2 is 1.46 bits per heavy atom. The molecule has 0 aromatic heterocycles. The first-order valence-corrected chi connectivity index (χ1v) is 12.2. The third-order valence-electron chi connectivity index (χ3n) is 6.21. The van der Waals surface area contributed by atoms with E-state index in [1.165, 1.54) is 54.9 Å². The lowest BCUT2D eigenvalue weighted by atomic mass is 9.94. The van der Waals surface area contributed by atoms with E-state index in [1.807, 2.05) is 0 Å². The van der Waals surface area contributed by atoms with E-state index in [0.717, 1.165) is 12.1 Å². The summed E-state index contributed by atoms with van der Waals surface area (Å²) in [6.07, 6.45) is 5.83. The number of amides is 1. The van der Waals surface area contributed by atoms with Gasteiger partial charge < -0.3 is 35.8 Å². The van der Waals surface area contributed by atoms with Gasteiger partial charge in [0.2, 0.25) is 5.78 Å². The Morgan fingerprint density at radius 1 is 0.756 bits per heavy atom. The average Bonchev–Trinajstić information content (AvgIpc) is 3.17. The minimum Gasteiger partial charge on any atom is -0.508 e. The number of hydrogen-bond donors (Lipinski definition) is 6. The quantitative estimate of drug-likeness (QED) is 0.151. The predicted molar refractivity (Wildman–Crippen MR) is 148 cm³/mol. The second-order valence-corrected chi connectivity index (χ2v) is 8.90. The number of benzene rings is 4. The van der Waals surface area contributed by atoms with E-state index in [2.05, 4.69) is 10.6 Å². The molecule has 4 aromatic rings. The maximum Gasteiger partial charge on any atom is 0.343 e. The van der Waals surface area contributed by atoms with Crippen LogP contribution in [0.5, 0.6) is 23.0 Å². The Labute approximate surface area is 232 Å². The molecule has 0 bridgehead atoms. The number of carbonyl (C=O) groups is 3. The van der Waals surface area contributed by atoms with Crippen molar-refractivity contribution in [3.05, 3.63) is 131 Å². The van der Waals surface area contributed by atoms with Gasteiger partial charge in [-0.3, -0.25) is 9.59 Å². The van der Waals surface area contributed by atoms with Crippen molar-refractivity contribution >= 4 is 28.4 Å². The van der Waals surface area contributed by atoms with Crippen LogP contribution in [0, 0.1) is 0 Å². The van der Waals surface area contributed by atoms with Crippen molar-refractivity contribution < 1.29 is 39.5 Å². The van der Waals surface area contributed by atoms with Crippen molar-refractivity contribution in [2.75, 3.05) is 0 Å². The SMILES string of the molecule is O=C(NC1=CNC=CC=C1OC(=O)c1cc(O)c(C(=O)c2c(O)ccc3ccccc23)c(O)c1)c1ccc(O)cc1. The van der Waals surface area contributed by atoms with Gasteiger partial charge in [-0.2, -0.15) is 0 Å². The van der Waals surface area contributed by atoms with E-state index in [9.17, 15) is 34.8 Å². The van der Waals surface area contributed by atoms with Crippen molar-refractivity contribution in [3.63, 3.8) is 0 Å². The summed E-state index contributed by atoms with van der Waals surface area (Å²) in [6, 6.07) is 17.2. The Hall–Kier alpha value is -6.03. The van der Waals surface area contributed by atoms with Gasteiger partial charge in [0.25, 0.3) is 5.91 Å². The van der Waals surface area contributed by atoms with E-state index in [1.54, 1.807) is 30.3 Å². The highest BCUT2D eigenvalue weighted by molar-refractivity contribution is 6.20. The van der Waals surface area contributed by atoms with Crippen molar-refractivity contribution in [1.82, 2.24) is 10.6 Å². The molecule has 5 rings (SSSR count). The largest absolute Gasteiger partial charge is 0.508 e. The summed E-state index contributed by atoms with van der Waals surface area (Å²) in [4.78, 5) is 39.1. The van der Waals surface area contributed by atoms with E-state index >= 15 is 0 Å². The maximum absolute atomic E-state index is 13.4. The lowest BCUT2D eigenvalue weighted by Gasteiger charge is -2.15. The number of hydrogen-bond acceptors (Lipinski definition) is 9. The van der Waals surface area contributed by atoms with Gasteiger partial charge >= 0.3 is 5.97 Å². The van der Waals surface area contributed by atoms with Crippen molar-refractivity contribution in [3.8, 4) is 23.0 Å². The van der Waals surface area contributed by atoms with Gasteiger partial charge in [-0.25, -0.2) is 4.79 Å². The van der Waals surface area contributed by atoms with Crippen LogP contribution < -0.4 is 10.6 Å². The first-order chi connectivity index (χ1) is 19.7. The monoisotopic (exact) mass is 550 g/mol. The normalized spacial score (nSPS) is 12.5. The lowest BCUT2D eigenvalue weighted by Crippen LogP contribution is -2.26. The average molecular weight is 551 g/mol. The molecular weight excluding hydrogens is 528 g/mol. The summed E-state index contributed by atoms with van der Waals surface area (Å²) in [7, 11) is 0. The van der Waals surface area contributed by atoms with Crippen LogP contribution in [0.25, 0.3) is 10.8 Å². The molecule has 0 fully saturated rings. The zero-order valence-corrected chi connectivity index (χ0v) is 21.2. The van der Waals surface area contributed by atoms with Gasteiger partial charge in [0.05, 0.1) is 11.1 Å². The van der Waals surface area contributed by atoms with Crippen LogP contribution in [0.2, 0.25) is 0 Å². The number of phenolic OH excluding ortho intramolecular Hbond substituents is 4. The fourth-order valence-electron chi connectivity index (χ4n) is 4.22. The molecule has 1 aliphatic rings. The van der Waals surface area contributed by atoms with Crippen LogP contribution in [0.1, 0.15) is 36.6 Å². The number of carbonyl (C=O) groups excluding carboxylic acids is 3. The molecule has 0 aliphatic carbocycles. The summed E-state index contributed by atoms with van der Waals surface area (Å²) < 4.78 is 5.46. The number of aromatic hydroxyl groups is 4. The number of rotatable bonds is 6. The molecule has 204 valence electrons. The number of ketones is 1. The molecule has 4 aromatic carbocycles. The van der Waals surface area contributed by atoms with Gasteiger partial charge in [0, 0.05) is 18.0 Å². The molecule has 6 N–H and O–H groups in total. The number of nitrogens with one attached hydrogen (secondary N) is 2. The molecule has 0 radical (unpaired) electrons. The molecule has 1 amide bonds. The summed E-state index contributed by atoms with van der Waals surface area (Å²) in [6.45, 7) is 0. The topological polar surface area (TPSA) is 165 Å². The molecule has 10 nitrogen and oxygen atoms in total. The third kappa shape index (κ3) is 5.43. The van der Waals surface area contributed by atoms with Gasteiger partial charge in [-0.05, 0) is 65.4 Å². The van der Waals surface area contributed by atoms with E-state index in [-0.39, 0.29) is 39.6 Å². The summed E-state index contributed by atoms with van der Waals surface area (Å²) in [5.41, 5.74) is -0.584. The zero-order valence-electron chi connectivity index (χ0n) is 21.2. The Morgan fingerprint density at radius 3 is 2.20 bits per heavy atom. The Kier molecular flexibility index (Phi) is 7.12. The number of ether oxygens (including phenoxy) is 1. The lowest BCUT2D eigenvalue weighted by molar-refractivity contribution is 0.0625. The molecular formula is C31H22N2O8. The van der Waals surface area contributed by atoms with E-state index < -0.39 is 34.7 Å². The number of fused-ring (bicyclic) bond motifs is 1. The molecule has 0 saturated carbocycles. The standard InChI is InChI=1S/C31H22N2O8/c34-20-10-7-18(8-11-20)30(39)33-22-16-32-13-3-6-26(22)41-31(40)19-14-24(36)28(25(37)15-19)29(38)27-21-5-2-1-4-17(21)9-12-23(27)35/h1-16,32,34-37H,(H,33,39). The van der Waals surface area contributed by atoms with E-state index in [4.69, 9.17) is 4.74 Å². The third-order valence-corrected chi connectivity index (χ3v) is 6.21. The minimum atomic E-state index is -1.01. The molecule has 0 unspecified atom stereocenters. The van der Waals surface area contributed by atoms with Crippen molar-refractivity contribution in [1.29, 1.82) is 0 Å².